The van der Waals surface area contributed by atoms with Crippen LogP contribution in [0, 0.1) is 0 Å². The Morgan fingerprint density at radius 3 is 2.11 bits per heavy atom. The Hall–Kier alpha value is -2.88. The molecule has 3 aromatic carbocycles. The number of nitrogens with one attached hydrogen (secondary N) is 1. The number of amides is 2. The number of para-hydroxylation sites is 1. The average Bonchev–Trinajstić information content (AvgIpc) is 2.87. The predicted molar refractivity (Wildman–Crippen MR) is 150 cm³/mol. The summed E-state index contributed by atoms with van der Waals surface area (Å²) in [7, 11) is -4.15. The van der Waals surface area contributed by atoms with Gasteiger partial charge in [-0.05, 0) is 62.7 Å². The second kappa shape index (κ2) is 12.6. The Bertz CT molecular complexity index is 1340. The van der Waals surface area contributed by atoms with Gasteiger partial charge in [-0.1, -0.05) is 70.0 Å². The quantitative estimate of drug-likeness (QED) is 0.342. The fourth-order valence-electron chi connectivity index (χ4n) is 3.66. The van der Waals surface area contributed by atoms with E-state index in [1.54, 1.807) is 49.4 Å². The highest BCUT2D eigenvalue weighted by atomic mass is 79.9. The first-order chi connectivity index (χ1) is 17.5. The molecule has 3 rings (SSSR count). The molecule has 0 aliphatic heterocycles. The molecule has 196 valence electrons. The van der Waals surface area contributed by atoms with Crippen LogP contribution in [0.15, 0.2) is 88.2 Å². The van der Waals surface area contributed by atoms with Crippen LogP contribution in [-0.4, -0.2) is 43.8 Å². The molecule has 1 N–H and O–H groups in total. The van der Waals surface area contributed by atoms with E-state index in [0.29, 0.717) is 0 Å². The Balaban J connectivity index is 2.02. The topological polar surface area (TPSA) is 86.8 Å². The number of hydrogen-bond acceptors (Lipinski definition) is 4. The highest BCUT2D eigenvalue weighted by Gasteiger charge is 2.33. The van der Waals surface area contributed by atoms with Crippen molar-refractivity contribution in [3.8, 4) is 0 Å². The minimum atomic E-state index is -4.15. The summed E-state index contributed by atoms with van der Waals surface area (Å²) in [4.78, 5) is 28.1. The van der Waals surface area contributed by atoms with Crippen molar-refractivity contribution in [3.05, 3.63) is 93.9 Å². The van der Waals surface area contributed by atoms with E-state index in [2.05, 4.69) is 21.2 Å². The van der Waals surface area contributed by atoms with E-state index < -0.39 is 28.5 Å². The Morgan fingerprint density at radius 1 is 0.919 bits per heavy atom. The highest BCUT2D eigenvalue weighted by molar-refractivity contribution is 9.10. The molecule has 0 aromatic heterocycles. The van der Waals surface area contributed by atoms with Crippen LogP contribution in [0.3, 0.4) is 0 Å². The van der Waals surface area contributed by atoms with Crippen LogP contribution in [0.4, 0.5) is 5.69 Å². The molecule has 0 bridgehead atoms. The van der Waals surface area contributed by atoms with Crippen molar-refractivity contribution >= 4 is 55.1 Å². The fraction of sp³-hybridized carbons (Fsp3) is 0.259. The lowest BCUT2D eigenvalue weighted by Crippen LogP contribution is -2.52. The van der Waals surface area contributed by atoms with Crippen LogP contribution >= 0.6 is 27.5 Å². The first-order valence-corrected chi connectivity index (χ1v) is 14.3. The number of halogens is 2. The summed E-state index contributed by atoms with van der Waals surface area (Å²) in [6.45, 7) is 4.85. The third-order valence-electron chi connectivity index (χ3n) is 5.60. The first-order valence-electron chi connectivity index (χ1n) is 11.7. The van der Waals surface area contributed by atoms with Crippen LogP contribution < -0.4 is 9.62 Å². The van der Waals surface area contributed by atoms with Crippen molar-refractivity contribution in [2.24, 2.45) is 0 Å². The third kappa shape index (κ3) is 7.34. The molecule has 3 aromatic rings. The number of benzene rings is 3. The zero-order chi connectivity index (χ0) is 27.2. The van der Waals surface area contributed by atoms with Gasteiger partial charge in [-0.3, -0.25) is 13.9 Å². The standard InChI is InChI=1S/C27H29BrClN3O4S/c1-19(2)30-27(34)20(3)31(17-21-13-15-22(28)16-14-21)26(33)18-32(25-12-8-7-11-24(25)29)37(35,36)23-9-5-4-6-10-23/h4-16,19-20H,17-18H2,1-3H3,(H,30,34). The number of rotatable bonds is 10. The number of anilines is 1. The van der Waals surface area contributed by atoms with E-state index in [0.717, 1.165) is 14.3 Å². The van der Waals surface area contributed by atoms with Crippen molar-refractivity contribution in [2.75, 3.05) is 10.8 Å². The van der Waals surface area contributed by atoms with E-state index in [1.807, 2.05) is 38.1 Å². The second-order valence-electron chi connectivity index (χ2n) is 8.76. The lowest BCUT2D eigenvalue weighted by molar-refractivity contribution is -0.139. The molecule has 0 aliphatic carbocycles. The monoisotopic (exact) mass is 605 g/mol. The van der Waals surface area contributed by atoms with Crippen molar-refractivity contribution in [1.29, 1.82) is 0 Å². The van der Waals surface area contributed by atoms with Crippen molar-refractivity contribution < 1.29 is 18.0 Å². The molecule has 0 saturated carbocycles. The Labute approximate surface area is 231 Å². The van der Waals surface area contributed by atoms with Gasteiger partial charge < -0.3 is 10.2 Å². The largest absolute Gasteiger partial charge is 0.352 e. The summed E-state index contributed by atoms with van der Waals surface area (Å²) in [5.41, 5.74) is 0.959. The van der Waals surface area contributed by atoms with Gasteiger partial charge in [0.1, 0.15) is 12.6 Å². The molecule has 2 amide bonds. The maximum Gasteiger partial charge on any atom is 0.264 e. The highest BCUT2D eigenvalue weighted by Crippen LogP contribution is 2.30. The van der Waals surface area contributed by atoms with Gasteiger partial charge in [0.25, 0.3) is 10.0 Å². The third-order valence-corrected chi connectivity index (χ3v) is 8.22. The molecule has 0 radical (unpaired) electrons. The van der Waals surface area contributed by atoms with Crippen molar-refractivity contribution in [3.63, 3.8) is 0 Å². The summed E-state index contributed by atoms with van der Waals surface area (Å²) in [6, 6.07) is 20.7. The maximum atomic E-state index is 13.8. The van der Waals surface area contributed by atoms with Crippen LogP contribution in [0.5, 0.6) is 0 Å². The number of hydrogen-bond donors (Lipinski definition) is 1. The molecule has 7 nitrogen and oxygen atoms in total. The van der Waals surface area contributed by atoms with Gasteiger partial charge >= 0.3 is 0 Å². The molecule has 0 aliphatic rings. The Morgan fingerprint density at radius 2 is 1.51 bits per heavy atom. The summed E-state index contributed by atoms with van der Waals surface area (Å²) < 4.78 is 29.3. The smallest absolute Gasteiger partial charge is 0.264 e. The minimum absolute atomic E-state index is 0.0211. The minimum Gasteiger partial charge on any atom is -0.352 e. The normalized spacial score (nSPS) is 12.2. The van der Waals surface area contributed by atoms with Crippen molar-refractivity contribution in [2.45, 2.75) is 44.3 Å². The summed E-state index contributed by atoms with van der Waals surface area (Å²) in [5, 5.41) is 3.01. The van der Waals surface area contributed by atoms with Crippen LogP contribution in [-0.2, 0) is 26.2 Å². The summed E-state index contributed by atoms with van der Waals surface area (Å²) in [5.74, 6) is -0.885. The average molecular weight is 607 g/mol. The number of sulfonamides is 1. The zero-order valence-corrected chi connectivity index (χ0v) is 23.9. The van der Waals surface area contributed by atoms with Gasteiger partial charge in [-0.15, -0.1) is 0 Å². The van der Waals surface area contributed by atoms with Crippen molar-refractivity contribution in [1.82, 2.24) is 10.2 Å². The maximum absolute atomic E-state index is 13.8. The van der Waals surface area contributed by atoms with Gasteiger partial charge in [0.15, 0.2) is 0 Å². The fourth-order valence-corrected chi connectivity index (χ4v) is 5.67. The van der Waals surface area contributed by atoms with E-state index >= 15 is 0 Å². The van der Waals surface area contributed by atoms with Gasteiger partial charge in [-0.25, -0.2) is 8.42 Å². The number of carbonyl (C=O) groups excluding carboxylic acids is 2. The van der Waals surface area contributed by atoms with Gasteiger partial charge in [0.05, 0.1) is 15.6 Å². The molecule has 0 fully saturated rings. The van der Waals surface area contributed by atoms with Crippen LogP contribution in [0.2, 0.25) is 5.02 Å². The van der Waals surface area contributed by atoms with Crippen LogP contribution in [0.25, 0.3) is 0 Å². The molecule has 0 heterocycles. The molecule has 0 saturated heterocycles. The number of carbonyl (C=O) groups is 2. The molecule has 10 heteroatoms. The van der Waals surface area contributed by atoms with Gasteiger partial charge in [-0.2, -0.15) is 0 Å². The lowest BCUT2D eigenvalue weighted by Gasteiger charge is -2.32. The predicted octanol–water partition coefficient (Wildman–Crippen LogP) is 5.24. The van der Waals surface area contributed by atoms with Gasteiger partial charge in [0.2, 0.25) is 11.8 Å². The molecule has 1 atom stereocenters. The SMILES string of the molecule is CC(C)NC(=O)C(C)N(Cc1ccc(Br)cc1)C(=O)CN(c1ccccc1Cl)S(=O)(=O)c1ccccc1. The molecule has 37 heavy (non-hydrogen) atoms. The molecule has 0 spiro atoms. The van der Waals surface area contributed by atoms with E-state index in [-0.39, 0.29) is 34.1 Å². The summed E-state index contributed by atoms with van der Waals surface area (Å²) in [6.07, 6.45) is 0. The van der Waals surface area contributed by atoms with Crippen LogP contribution in [0.1, 0.15) is 26.3 Å². The lowest BCUT2D eigenvalue weighted by atomic mass is 10.1. The summed E-state index contributed by atoms with van der Waals surface area (Å²) >= 11 is 9.79. The first kappa shape index (κ1) is 28.7. The van der Waals surface area contributed by atoms with Gasteiger partial charge in [0, 0.05) is 17.1 Å². The second-order valence-corrected chi connectivity index (χ2v) is 11.9. The Kier molecular flexibility index (Phi) is 9.75. The van der Waals surface area contributed by atoms with E-state index in [1.165, 1.54) is 17.0 Å². The molecular formula is C27H29BrClN3O4S. The van der Waals surface area contributed by atoms with E-state index in [9.17, 15) is 18.0 Å². The molecule has 1 unspecified atom stereocenters. The van der Waals surface area contributed by atoms with E-state index in [4.69, 9.17) is 11.6 Å². The number of nitrogens with zero attached hydrogens (tertiary/aromatic N) is 2. The zero-order valence-electron chi connectivity index (χ0n) is 20.8. The molecular weight excluding hydrogens is 578 g/mol.